The van der Waals surface area contributed by atoms with Crippen molar-refractivity contribution in [2.24, 2.45) is 5.92 Å². The third-order valence-electron chi connectivity index (χ3n) is 2.94. The second kappa shape index (κ2) is 5.68. The fourth-order valence-electron chi connectivity index (χ4n) is 1.81. The molecule has 0 bridgehead atoms. The summed E-state index contributed by atoms with van der Waals surface area (Å²) in [6.07, 6.45) is 1.93. The molecule has 0 aromatic heterocycles. The van der Waals surface area contributed by atoms with Gasteiger partial charge in [0.25, 0.3) is 0 Å². The lowest BCUT2D eigenvalue weighted by molar-refractivity contribution is 0.0185. The van der Waals surface area contributed by atoms with Crippen molar-refractivity contribution in [2.75, 3.05) is 25.6 Å². The number of rotatable bonds is 3. The molecule has 0 atom stereocenters. The van der Waals surface area contributed by atoms with Crippen molar-refractivity contribution in [3.8, 4) is 0 Å². The fraction of sp³-hybridized carbons (Fsp3) is 0.462. The number of ether oxygens (including phenoxy) is 2. The highest BCUT2D eigenvalue weighted by Gasteiger charge is 2.16. The standard InChI is InChI=1S/C13H17NO3/c14-12-3-1-11(2-4-12)13(15)17-9-10-5-7-16-8-6-10/h1-4,10H,5-9,14H2. The lowest BCUT2D eigenvalue weighted by Gasteiger charge is -2.21. The van der Waals surface area contributed by atoms with E-state index in [0.29, 0.717) is 23.8 Å². The molecule has 2 N–H and O–H groups in total. The molecule has 92 valence electrons. The molecule has 4 heteroatoms. The van der Waals surface area contributed by atoms with Gasteiger partial charge in [0.2, 0.25) is 0 Å². The van der Waals surface area contributed by atoms with Gasteiger partial charge in [0.1, 0.15) is 0 Å². The topological polar surface area (TPSA) is 61.6 Å². The van der Waals surface area contributed by atoms with Gasteiger partial charge in [-0.3, -0.25) is 0 Å². The van der Waals surface area contributed by atoms with Gasteiger partial charge in [-0.1, -0.05) is 0 Å². The first-order valence-electron chi connectivity index (χ1n) is 5.86. The number of anilines is 1. The SMILES string of the molecule is Nc1ccc(C(=O)OCC2CCOCC2)cc1. The predicted octanol–water partition coefficient (Wildman–Crippen LogP) is 1.85. The van der Waals surface area contributed by atoms with Crippen molar-refractivity contribution >= 4 is 11.7 Å². The molecule has 0 spiro atoms. The molecule has 4 nitrogen and oxygen atoms in total. The number of hydrogen-bond acceptors (Lipinski definition) is 4. The van der Waals surface area contributed by atoms with Crippen LogP contribution in [0.15, 0.2) is 24.3 Å². The number of esters is 1. The summed E-state index contributed by atoms with van der Waals surface area (Å²) < 4.78 is 10.5. The van der Waals surface area contributed by atoms with E-state index in [4.69, 9.17) is 15.2 Å². The Bertz CT molecular complexity index is 369. The van der Waals surface area contributed by atoms with Gasteiger partial charge >= 0.3 is 5.97 Å². The molecule has 0 unspecified atom stereocenters. The number of nitrogens with two attached hydrogens (primary N) is 1. The van der Waals surface area contributed by atoms with Crippen molar-refractivity contribution in [3.63, 3.8) is 0 Å². The van der Waals surface area contributed by atoms with E-state index in [1.165, 1.54) is 0 Å². The maximum Gasteiger partial charge on any atom is 0.338 e. The Labute approximate surface area is 101 Å². The van der Waals surface area contributed by atoms with Gasteiger partial charge < -0.3 is 15.2 Å². The monoisotopic (exact) mass is 235 g/mol. The van der Waals surface area contributed by atoms with Crippen LogP contribution in [0.1, 0.15) is 23.2 Å². The number of hydrogen-bond donors (Lipinski definition) is 1. The van der Waals surface area contributed by atoms with E-state index in [9.17, 15) is 4.79 Å². The average molecular weight is 235 g/mol. The van der Waals surface area contributed by atoms with Crippen LogP contribution >= 0.6 is 0 Å². The first-order chi connectivity index (χ1) is 8.25. The smallest absolute Gasteiger partial charge is 0.338 e. The molecule has 1 fully saturated rings. The summed E-state index contributed by atoms with van der Waals surface area (Å²) in [5.41, 5.74) is 6.74. The quantitative estimate of drug-likeness (QED) is 0.641. The minimum absolute atomic E-state index is 0.281. The Kier molecular flexibility index (Phi) is 3.98. The van der Waals surface area contributed by atoms with Crippen molar-refractivity contribution in [2.45, 2.75) is 12.8 Å². The van der Waals surface area contributed by atoms with E-state index in [1.54, 1.807) is 24.3 Å². The number of carbonyl (C=O) groups is 1. The molecular weight excluding hydrogens is 218 g/mol. The van der Waals surface area contributed by atoms with Crippen LogP contribution in [-0.2, 0) is 9.47 Å². The third-order valence-corrected chi connectivity index (χ3v) is 2.94. The Balaban J connectivity index is 1.82. The largest absolute Gasteiger partial charge is 0.462 e. The summed E-state index contributed by atoms with van der Waals surface area (Å²) >= 11 is 0. The summed E-state index contributed by atoms with van der Waals surface area (Å²) in [6, 6.07) is 6.76. The van der Waals surface area contributed by atoms with E-state index < -0.39 is 0 Å². The lowest BCUT2D eigenvalue weighted by atomic mass is 10.0. The van der Waals surface area contributed by atoms with Crippen LogP contribution in [-0.4, -0.2) is 25.8 Å². The van der Waals surface area contributed by atoms with E-state index >= 15 is 0 Å². The minimum atomic E-state index is -0.281. The molecule has 2 rings (SSSR count). The molecule has 1 heterocycles. The van der Waals surface area contributed by atoms with Crippen LogP contribution in [0.3, 0.4) is 0 Å². The Morgan fingerprint density at radius 1 is 1.29 bits per heavy atom. The summed E-state index contributed by atoms with van der Waals surface area (Å²) in [5.74, 6) is 0.151. The molecule has 1 aliphatic heterocycles. The van der Waals surface area contributed by atoms with E-state index in [2.05, 4.69) is 0 Å². The summed E-state index contributed by atoms with van der Waals surface area (Å²) in [7, 11) is 0. The summed E-state index contributed by atoms with van der Waals surface area (Å²) in [5, 5.41) is 0. The van der Waals surface area contributed by atoms with Crippen LogP contribution in [0, 0.1) is 5.92 Å². The second-order valence-corrected chi connectivity index (χ2v) is 4.28. The fourth-order valence-corrected chi connectivity index (χ4v) is 1.81. The van der Waals surface area contributed by atoms with Gasteiger partial charge in [-0.25, -0.2) is 4.79 Å². The van der Waals surface area contributed by atoms with Gasteiger partial charge in [-0.15, -0.1) is 0 Å². The third kappa shape index (κ3) is 3.46. The number of nitrogen functional groups attached to an aromatic ring is 1. The van der Waals surface area contributed by atoms with Gasteiger partial charge in [-0.05, 0) is 43.0 Å². The molecule has 1 aromatic rings. The van der Waals surface area contributed by atoms with Gasteiger partial charge in [-0.2, -0.15) is 0 Å². The van der Waals surface area contributed by atoms with Crippen molar-refractivity contribution in [3.05, 3.63) is 29.8 Å². The molecule has 1 saturated heterocycles. The number of benzene rings is 1. The van der Waals surface area contributed by atoms with Gasteiger partial charge in [0, 0.05) is 18.9 Å². The normalized spacial score (nSPS) is 16.7. The Morgan fingerprint density at radius 2 is 1.94 bits per heavy atom. The van der Waals surface area contributed by atoms with Gasteiger partial charge in [0.15, 0.2) is 0 Å². The molecule has 0 amide bonds. The van der Waals surface area contributed by atoms with E-state index in [-0.39, 0.29) is 5.97 Å². The molecular formula is C13H17NO3. The van der Waals surface area contributed by atoms with E-state index in [0.717, 1.165) is 26.1 Å². The molecule has 1 aromatic carbocycles. The van der Waals surface area contributed by atoms with Crippen LogP contribution in [0.2, 0.25) is 0 Å². The maximum absolute atomic E-state index is 11.7. The highest BCUT2D eigenvalue weighted by molar-refractivity contribution is 5.89. The zero-order valence-corrected chi connectivity index (χ0v) is 9.72. The number of carbonyl (C=O) groups excluding carboxylic acids is 1. The zero-order valence-electron chi connectivity index (χ0n) is 9.72. The maximum atomic E-state index is 11.7. The second-order valence-electron chi connectivity index (χ2n) is 4.28. The van der Waals surface area contributed by atoms with Crippen molar-refractivity contribution in [1.29, 1.82) is 0 Å². The minimum Gasteiger partial charge on any atom is -0.462 e. The molecule has 0 radical (unpaired) electrons. The van der Waals surface area contributed by atoms with E-state index in [1.807, 2.05) is 0 Å². The highest BCUT2D eigenvalue weighted by Crippen LogP contribution is 2.16. The van der Waals surface area contributed by atoms with Gasteiger partial charge in [0.05, 0.1) is 12.2 Å². The highest BCUT2D eigenvalue weighted by atomic mass is 16.5. The Hall–Kier alpha value is -1.55. The van der Waals surface area contributed by atoms with Crippen LogP contribution < -0.4 is 5.73 Å². The molecule has 0 saturated carbocycles. The predicted molar refractivity (Wildman–Crippen MR) is 64.7 cm³/mol. The Morgan fingerprint density at radius 3 is 2.59 bits per heavy atom. The van der Waals surface area contributed by atoms with Crippen LogP contribution in [0.4, 0.5) is 5.69 Å². The van der Waals surface area contributed by atoms with Crippen molar-refractivity contribution < 1.29 is 14.3 Å². The van der Waals surface area contributed by atoms with Crippen LogP contribution in [0.25, 0.3) is 0 Å². The molecule has 0 aliphatic carbocycles. The average Bonchev–Trinajstić information content (AvgIpc) is 2.38. The van der Waals surface area contributed by atoms with Crippen LogP contribution in [0.5, 0.6) is 0 Å². The molecule has 1 aliphatic rings. The zero-order chi connectivity index (χ0) is 12.1. The summed E-state index contributed by atoms with van der Waals surface area (Å²) in [6.45, 7) is 2.01. The first-order valence-corrected chi connectivity index (χ1v) is 5.86. The molecule has 17 heavy (non-hydrogen) atoms. The lowest BCUT2D eigenvalue weighted by Crippen LogP contribution is -2.21. The van der Waals surface area contributed by atoms with Crippen molar-refractivity contribution in [1.82, 2.24) is 0 Å². The first kappa shape index (κ1) is 11.9. The summed E-state index contributed by atoms with van der Waals surface area (Å²) in [4.78, 5) is 11.7.